The second-order valence-corrected chi connectivity index (χ2v) is 6.90. The molecule has 0 fully saturated rings. The van der Waals surface area contributed by atoms with Crippen LogP contribution in [0.15, 0.2) is 72.8 Å². The number of methoxy groups -OCH3 is 1. The van der Waals surface area contributed by atoms with Gasteiger partial charge in [-0.2, -0.15) is 0 Å². The Bertz CT molecular complexity index is 851. The van der Waals surface area contributed by atoms with Gasteiger partial charge in [-0.25, -0.2) is 0 Å². The normalized spacial score (nSPS) is 10.5. The number of carbonyl (C=O) groups excluding carboxylic acids is 1. The molecular formula is C20H16ClLiO2P. The van der Waals surface area contributed by atoms with Crippen LogP contribution in [0.3, 0.4) is 0 Å². The number of rotatable bonds is 5. The van der Waals surface area contributed by atoms with E-state index in [4.69, 9.17) is 16.3 Å². The third-order valence-electron chi connectivity index (χ3n) is 3.67. The van der Waals surface area contributed by atoms with Gasteiger partial charge in [0.2, 0.25) is 0 Å². The molecule has 121 valence electrons. The van der Waals surface area contributed by atoms with Crippen LogP contribution in [0.1, 0.15) is 10.4 Å². The van der Waals surface area contributed by atoms with Crippen LogP contribution in [0, 0.1) is 0 Å². The predicted molar refractivity (Wildman–Crippen MR) is 108 cm³/mol. The average molecular weight is 362 g/mol. The predicted octanol–water partition coefficient (Wildman–Crippen LogP) is 4.78. The van der Waals surface area contributed by atoms with Gasteiger partial charge >= 0.3 is 0 Å². The zero-order chi connectivity index (χ0) is 16.9. The molecule has 1 atom stereocenters. The summed E-state index contributed by atoms with van der Waals surface area (Å²) < 4.78 is 5.26. The van der Waals surface area contributed by atoms with Gasteiger partial charge < -0.3 is 4.74 Å². The van der Waals surface area contributed by atoms with Gasteiger partial charge in [0.15, 0.2) is 5.52 Å². The van der Waals surface area contributed by atoms with Gasteiger partial charge in [-0.1, -0.05) is 72.3 Å². The zero-order valence-corrected chi connectivity index (χ0v) is 15.9. The number of hydrogen-bond donors (Lipinski definition) is 0. The first kappa shape index (κ1) is 19.8. The zero-order valence-electron chi connectivity index (χ0n) is 14.1. The minimum Gasteiger partial charge on any atom is -0.496 e. The largest absolute Gasteiger partial charge is 0.496 e. The monoisotopic (exact) mass is 361 g/mol. The Labute approximate surface area is 166 Å². The van der Waals surface area contributed by atoms with Crippen molar-refractivity contribution in [1.82, 2.24) is 0 Å². The smallest absolute Gasteiger partial charge is 0.190 e. The van der Waals surface area contributed by atoms with Crippen LogP contribution in [-0.4, -0.2) is 31.5 Å². The fourth-order valence-electron chi connectivity index (χ4n) is 2.47. The van der Waals surface area contributed by atoms with Crippen molar-refractivity contribution in [1.29, 1.82) is 0 Å². The quantitative estimate of drug-likeness (QED) is 0.483. The van der Waals surface area contributed by atoms with E-state index in [-0.39, 0.29) is 33.0 Å². The molecule has 1 radical (unpaired) electrons. The maximum Gasteiger partial charge on any atom is 0.190 e. The summed E-state index contributed by atoms with van der Waals surface area (Å²) >= 11 is 6.18. The van der Waals surface area contributed by atoms with Crippen LogP contribution < -0.4 is 10.0 Å². The average Bonchev–Trinajstić information content (AvgIpc) is 2.62. The minimum absolute atomic E-state index is 0. The molecule has 0 aromatic heterocycles. The molecule has 0 spiro atoms. The van der Waals surface area contributed by atoms with Gasteiger partial charge in [-0.15, -0.1) is 0 Å². The Balaban J connectivity index is 0.00000225. The van der Waals surface area contributed by atoms with E-state index >= 15 is 0 Å². The van der Waals surface area contributed by atoms with E-state index in [2.05, 4.69) is 12.1 Å². The molecule has 0 saturated carbocycles. The summed E-state index contributed by atoms with van der Waals surface area (Å²) in [4.78, 5) is 12.6. The standard InChI is InChI=1S/C20H16ClO2P.Li/c1-23-18-9-5-8-17(21)19(18)20(22)24-16-12-10-15(11-13-16)14-6-3-2-4-7-14;/h2-13,24H,1H3;. The van der Waals surface area contributed by atoms with Gasteiger partial charge in [0.25, 0.3) is 0 Å². The Hall–Kier alpha value is -1.55. The van der Waals surface area contributed by atoms with Gasteiger partial charge in [-0.3, -0.25) is 4.79 Å². The fraction of sp³-hybridized carbons (Fsp3) is 0.0500. The number of halogens is 1. The molecular weight excluding hydrogens is 346 g/mol. The van der Waals surface area contributed by atoms with Crippen LogP contribution >= 0.6 is 20.2 Å². The van der Waals surface area contributed by atoms with Crippen LogP contribution in [0.4, 0.5) is 0 Å². The molecule has 0 saturated heterocycles. The molecule has 0 bridgehead atoms. The molecule has 2 nitrogen and oxygen atoms in total. The molecule has 25 heavy (non-hydrogen) atoms. The van der Waals surface area contributed by atoms with Crippen molar-refractivity contribution >= 4 is 49.9 Å². The van der Waals surface area contributed by atoms with E-state index in [9.17, 15) is 4.79 Å². The SMILES string of the molecule is COc1cccc(Cl)c1C(=O)Pc1ccc(-c2ccccc2)cc1.[Li]. The van der Waals surface area contributed by atoms with E-state index in [1.165, 1.54) is 0 Å². The molecule has 0 N–H and O–H groups in total. The van der Waals surface area contributed by atoms with Crippen molar-refractivity contribution in [3.63, 3.8) is 0 Å². The topological polar surface area (TPSA) is 26.3 Å². The Morgan fingerprint density at radius 1 is 0.880 bits per heavy atom. The fourth-order valence-corrected chi connectivity index (χ4v) is 3.77. The minimum atomic E-state index is -0.0232. The second-order valence-electron chi connectivity index (χ2n) is 5.21. The van der Waals surface area contributed by atoms with Gasteiger partial charge in [0.1, 0.15) is 5.75 Å². The third-order valence-corrected chi connectivity index (χ3v) is 5.09. The molecule has 3 aromatic carbocycles. The van der Waals surface area contributed by atoms with Crippen molar-refractivity contribution in [2.75, 3.05) is 7.11 Å². The first-order valence-corrected chi connectivity index (χ1v) is 8.86. The van der Waals surface area contributed by atoms with E-state index in [1.807, 2.05) is 42.5 Å². The van der Waals surface area contributed by atoms with E-state index in [0.717, 1.165) is 16.4 Å². The van der Waals surface area contributed by atoms with Crippen molar-refractivity contribution in [2.45, 2.75) is 0 Å². The van der Waals surface area contributed by atoms with Crippen LogP contribution in [-0.2, 0) is 0 Å². The van der Waals surface area contributed by atoms with Gasteiger partial charge in [-0.05, 0) is 37.1 Å². The second kappa shape index (κ2) is 9.23. The van der Waals surface area contributed by atoms with Crippen LogP contribution in [0.2, 0.25) is 5.02 Å². The van der Waals surface area contributed by atoms with Crippen molar-refractivity contribution in [2.24, 2.45) is 0 Å². The first-order valence-electron chi connectivity index (χ1n) is 7.48. The molecule has 3 aromatic rings. The number of ether oxygens (including phenoxy) is 1. The number of carbonyl (C=O) groups is 1. The summed E-state index contributed by atoms with van der Waals surface area (Å²) in [5, 5.41) is 1.40. The third kappa shape index (κ3) is 4.75. The summed E-state index contributed by atoms with van der Waals surface area (Å²) in [5.41, 5.74) is 2.72. The molecule has 0 aliphatic carbocycles. The van der Waals surface area contributed by atoms with E-state index in [1.54, 1.807) is 25.3 Å². The van der Waals surface area contributed by atoms with Gasteiger partial charge in [0, 0.05) is 18.9 Å². The number of benzene rings is 3. The Morgan fingerprint density at radius 2 is 1.52 bits per heavy atom. The summed E-state index contributed by atoms with van der Waals surface area (Å²) in [5.74, 6) is 0.515. The van der Waals surface area contributed by atoms with E-state index < -0.39 is 0 Å². The van der Waals surface area contributed by atoms with Crippen molar-refractivity contribution < 1.29 is 9.53 Å². The summed E-state index contributed by atoms with van der Waals surface area (Å²) in [6.07, 6.45) is 0. The molecule has 0 amide bonds. The molecule has 5 heteroatoms. The Morgan fingerprint density at radius 3 is 2.16 bits per heavy atom. The molecule has 1 unspecified atom stereocenters. The molecule has 3 rings (SSSR count). The van der Waals surface area contributed by atoms with Crippen LogP contribution in [0.25, 0.3) is 11.1 Å². The molecule has 0 heterocycles. The Kier molecular flexibility index (Phi) is 7.30. The van der Waals surface area contributed by atoms with Gasteiger partial charge in [0.05, 0.1) is 17.7 Å². The molecule has 0 aliphatic rings. The maximum absolute atomic E-state index is 12.6. The molecule has 0 aliphatic heterocycles. The first-order chi connectivity index (χ1) is 11.7. The maximum atomic E-state index is 12.6. The summed E-state index contributed by atoms with van der Waals surface area (Å²) in [6, 6.07) is 23.4. The van der Waals surface area contributed by atoms with Crippen molar-refractivity contribution in [3.05, 3.63) is 83.4 Å². The summed E-state index contributed by atoms with van der Waals surface area (Å²) in [7, 11) is 1.54. The van der Waals surface area contributed by atoms with E-state index in [0.29, 0.717) is 16.3 Å². The van der Waals surface area contributed by atoms with Crippen molar-refractivity contribution in [3.8, 4) is 16.9 Å². The summed E-state index contributed by atoms with van der Waals surface area (Å²) in [6.45, 7) is 0. The number of hydrogen-bond acceptors (Lipinski definition) is 2. The van der Waals surface area contributed by atoms with Crippen LogP contribution in [0.5, 0.6) is 5.75 Å².